The highest BCUT2D eigenvalue weighted by molar-refractivity contribution is 7.90. The van der Waals surface area contributed by atoms with Crippen molar-refractivity contribution in [2.75, 3.05) is 30.8 Å². The summed E-state index contributed by atoms with van der Waals surface area (Å²) in [7, 11) is -3.20. The summed E-state index contributed by atoms with van der Waals surface area (Å²) in [4.78, 5) is 12.8. The molecule has 0 aliphatic carbocycles. The average Bonchev–Trinajstić information content (AvgIpc) is 2.66. The molecule has 3 rings (SSSR count). The maximum atomic E-state index is 11.5. The van der Waals surface area contributed by atoms with Gasteiger partial charge in [0.15, 0.2) is 21.8 Å². The van der Waals surface area contributed by atoms with Gasteiger partial charge in [0.05, 0.1) is 17.3 Å². The summed E-state index contributed by atoms with van der Waals surface area (Å²) in [6, 6.07) is 6.73. The van der Waals surface area contributed by atoms with Gasteiger partial charge in [-0.2, -0.15) is 5.26 Å². The van der Waals surface area contributed by atoms with E-state index in [2.05, 4.69) is 21.1 Å². The van der Waals surface area contributed by atoms with E-state index in [-0.39, 0.29) is 10.9 Å². The number of nitrogens with zero attached hydrogens (tertiary/aromatic N) is 5. The normalized spacial score (nSPS) is 17.4. The van der Waals surface area contributed by atoms with E-state index >= 15 is 0 Å². The van der Waals surface area contributed by atoms with Gasteiger partial charge in [0.2, 0.25) is 5.95 Å². The Morgan fingerprint density at radius 2 is 1.89 bits per heavy atom. The van der Waals surface area contributed by atoms with Crippen molar-refractivity contribution in [2.24, 2.45) is 0 Å². The molecule has 1 unspecified atom stereocenters. The molecular weight excluding hydrogens is 366 g/mol. The van der Waals surface area contributed by atoms with Crippen LogP contribution in [0.25, 0.3) is 0 Å². The Hall–Kier alpha value is -2.86. The molecular formula is C18H21N5O3S. The highest BCUT2D eigenvalue weighted by Gasteiger charge is 2.24. The average molecular weight is 387 g/mol. The Bertz CT molecular complexity index is 923. The van der Waals surface area contributed by atoms with Gasteiger partial charge in [-0.3, -0.25) is 0 Å². The van der Waals surface area contributed by atoms with Crippen molar-refractivity contribution in [3.63, 3.8) is 0 Å². The quantitative estimate of drug-likeness (QED) is 0.711. The highest BCUT2D eigenvalue weighted by atomic mass is 32.2. The summed E-state index contributed by atoms with van der Waals surface area (Å²) < 4.78 is 28.6. The van der Waals surface area contributed by atoms with Gasteiger partial charge in [-0.15, -0.1) is 0 Å². The van der Waals surface area contributed by atoms with Gasteiger partial charge >= 0.3 is 0 Å². The molecule has 1 fully saturated rings. The van der Waals surface area contributed by atoms with Crippen LogP contribution >= 0.6 is 0 Å². The number of aromatic nitrogens is 2. The van der Waals surface area contributed by atoms with E-state index in [0.717, 1.165) is 5.56 Å². The van der Waals surface area contributed by atoms with E-state index in [4.69, 9.17) is 10.00 Å². The van der Waals surface area contributed by atoms with Gasteiger partial charge in [0, 0.05) is 31.9 Å². The number of hydrogen-bond acceptors (Lipinski definition) is 8. The van der Waals surface area contributed by atoms with Crippen molar-refractivity contribution in [3.05, 3.63) is 42.2 Å². The first-order chi connectivity index (χ1) is 12.9. The molecule has 1 atom stereocenters. The third-order valence-electron chi connectivity index (χ3n) is 4.40. The number of piperazine rings is 1. The van der Waals surface area contributed by atoms with E-state index in [1.165, 1.54) is 6.26 Å². The zero-order valence-corrected chi connectivity index (χ0v) is 16.1. The maximum absolute atomic E-state index is 11.5. The van der Waals surface area contributed by atoms with Crippen LogP contribution in [0.3, 0.4) is 0 Å². The van der Waals surface area contributed by atoms with Gasteiger partial charge in [-0.05, 0) is 24.6 Å². The summed E-state index contributed by atoms with van der Waals surface area (Å²) >= 11 is 0. The number of nitriles is 1. The van der Waals surface area contributed by atoms with Crippen molar-refractivity contribution < 1.29 is 13.2 Å². The van der Waals surface area contributed by atoms with Gasteiger partial charge in [-0.1, -0.05) is 12.1 Å². The molecule has 1 aliphatic heterocycles. The number of hydrogen-bond donors (Lipinski definition) is 0. The van der Waals surface area contributed by atoms with Crippen molar-refractivity contribution in [2.45, 2.75) is 24.5 Å². The summed E-state index contributed by atoms with van der Waals surface area (Å²) in [5, 5.41) is 8.99. The molecule has 0 N–H and O–H groups in total. The molecule has 27 heavy (non-hydrogen) atoms. The fraction of sp³-hybridized carbons (Fsp3) is 0.389. The van der Waals surface area contributed by atoms with Crippen LogP contribution in [0.4, 0.5) is 5.95 Å². The topological polar surface area (TPSA) is 99.4 Å². The number of sulfone groups is 1. The van der Waals surface area contributed by atoms with E-state index < -0.39 is 9.84 Å². The minimum absolute atomic E-state index is 0.151. The molecule has 0 saturated carbocycles. The minimum Gasteiger partial charge on any atom is -0.486 e. The fourth-order valence-corrected chi connectivity index (χ4v) is 3.51. The summed E-state index contributed by atoms with van der Waals surface area (Å²) in [5.74, 6) is 1.15. The molecule has 0 spiro atoms. The lowest BCUT2D eigenvalue weighted by Gasteiger charge is -2.37. The second-order valence-electron chi connectivity index (χ2n) is 6.51. The molecule has 0 bridgehead atoms. The number of ether oxygens (including phenoxy) is 1. The molecule has 142 valence electrons. The molecule has 0 amide bonds. The zero-order chi connectivity index (χ0) is 19.4. The van der Waals surface area contributed by atoms with Crippen LogP contribution in [0, 0.1) is 11.5 Å². The Morgan fingerprint density at radius 3 is 2.44 bits per heavy atom. The largest absolute Gasteiger partial charge is 0.486 e. The van der Waals surface area contributed by atoms with Gasteiger partial charge < -0.3 is 14.5 Å². The smallest absolute Gasteiger partial charge is 0.225 e. The third kappa shape index (κ3) is 4.65. The van der Waals surface area contributed by atoms with Crippen LogP contribution in [0.15, 0.2) is 41.6 Å². The van der Waals surface area contributed by atoms with Crippen LogP contribution in [0.2, 0.25) is 0 Å². The van der Waals surface area contributed by atoms with Crippen LogP contribution in [-0.4, -0.2) is 55.2 Å². The standard InChI is InChI=1S/C18H21N5O3S/c1-14-11-22(13-19)7-8-23(14)18-20-9-16(10-21-18)26-12-15-3-5-17(6-4-15)27(2,24)25/h3-6,9-10,14H,7-8,11-12H2,1-2H3. The molecule has 0 radical (unpaired) electrons. The highest BCUT2D eigenvalue weighted by Crippen LogP contribution is 2.19. The monoisotopic (exact) mass is 387 g/mol. The molecule has 1 aromatic carbocycles. The maximum Gasteiger partial charge on any atom is 0.225 e. The van der Waals surface area contributed by atoms with Crippen LogP contribution in [0.1, 0.15) is 12.5 Å². The SMILES string of the molecule is CC1CN(C#N)CCN1c1ncc(OCc2ccc(S(C)(=O)=O)cc2)cn1. The van der Waals surface area contributed by atoms with Crippen molar-refractivity contribution in [3.8, 4) is 11.9 Å². The molecule has 9 heteroatoms. The van der Waals surface area contributed by atoms with Crippen LogP contribution in [-0.2, 0) is 16.4 Å². The lowest BCUT2D eigenvalue weighted by molar-refractivity contribution is 0.301. The molecule has 2 aromatic rings. The molecule has 8 nitrogen and oxygen atoms in total. The number of anilines is 1. The van der Waals surface area contributed by atoms with Gasteiger partial charge in [0.1, 0.15) is 6.61 Å². The van der Waals surface area contributed by atoms with Crippen LogP contribution < -0.4 is 9.64 Å². The van der Waals surface area contributed by atoms with Crippen molar-refractivity contribution in [1.29, 1.82) is 5.26 Å². The minimum atomic E-state index is -3.20. The third-order valence-corrected chi connectivity index (χ3v) is 5.53. The predicted molar refractivity (Wildman–Crippen MR) is 99.9 cm³/mol. The molecule has 1 saturated heterocycles. The van der Waals surface area contributed by atoms with Crippen molar-refractivity contribution in [1.82, 2.24) is 14.9 Å². The Morgan fingerprint density at radius 1 is 1.22 bits per heavy atom. The number of benzene rings is 1. The van der Waals surface area contributed by atoms with Gasteiger partial charge in [0.25, 0.3) is 0 Å². The summed E-state index contributed by atoms with van der Waals surface area (Å²) in [5.41, 5.74) is 0.854. The lowest BCUT2D eigenvalue weighted by atomic mass is 10.2. The number of rotatable bonds is 5. The van der Waals surface area contributed by atoms with E-state index in [0.29, 0.717) is 37.9 Å². The van der Waals surface area contributed by atoms with Gasteiger partial charge in [-0.25, -0.2) is 18.4 Å². The lowest BCUT2D eigenvalue weighted by Crippen LogP contribution is -2.50. The Kier molecular flexibility index (Phi) is 5.46. The van der Waals surface area contributed by atoms with E-state index in [9.17, 15) is 8.42 Å². The van der Waals surface area contributed by atoms with E-state index in [1.807, 2.05) is 6.92 Å². The first-order valence-corrected chi connectivity index (χ1v) is 10.4. The fourth-order valence-electron chi connectivity index (χ4n) is 2.88. The second kappa shape index (κ2) is 7.80. The predicted octanol–water partition coefficient (Wildman–Crippen LogP) is 1.45. The summed E-state index contributed by atoms with van der Waals surface area (Å²) in [6.07, 6.45) is 6.59. The molecule has 1 aliphatic rings. The van der Waals surface area contributed by atoms with Crippen molar-refractivity contribution >= 4 is 15.8 Å². The zero-order valence-electron chi connectivity index (χ0n) is 15.2. The van der Waals surface area contributed by atoms with Crippen LogP contribution in [0.5, 0.6) is 5.75 Å². The first-order valence-electron chi connectivity index (χ1n) is 8.52. The second-order valence-corrected chi connectivity index (χ2v) is 8.53. The molecule has 2 heterocycles. The molecule has 1 aromatic heterocycles. The first kappa shape index (κ1) is 18.9. The Labute approximate surface area is 158 Å². The van der Waals surface area contributed by atoms with E-state index in [1.54, 1.807) is 41.6 Å². The summed E-state index contributed by atoms with van der Waals surface area (Å²) in [6.45, 7) is 4.34. The Balaban J connectivity index is 1.59.